The first kappa shape index (κ1) is 13.5. The van der Waals surface area contributed by atoms with Gasteiger partial charge in [0, 0.05) is 17.7 Å². The second-order valence-corrected chi connectivity index (χ2v) is 4.48. The highest BCUT2D eigenvalue weighted by Crippen LogP contribution is 2.30. The van der Waals surface area contributed by atoms with Crippen LogP contribution in [-0.4, -0.2) is 0 Å². The molecule has 100 valence electrons. The van der Waals surface area contributed by atoms with Crippen molar-refractivity contribution in [2.45, 2.75) is 19.9 Å². The Morgan fingerprint density at radius 1 is 1.11 bits per heavy atom. The number of halogens is 2. The van der Waals surface area contributed by atoms with E-state index in [0.717, 1.165) is 0 Å². The monoisotopic (exact) mass is 263 g/mol. The molecule has 0 aliphatic heterocycles. The summed E-state index contributed by atoms with van der Waals surface area (Å²) in [6.07, 6.45) is 0. The van der Waals surface area contributed by atoms with Gasteiger partial charge in [-0.2, -0.15) is 0 Å². The zero-order valence-corrected chi connectivity index (χ0v) is 10.8. The van der Waals surface area contributed by atoms with Crippen molar-refractivity contribution in [1.82, 2.24) is 0 Å². The Morgan fingerprint density at radius 2 is 1.84 bits per heavy atom. The lowest BCUT2D eigenvalue weighted by Gasteiger charge is -2.14. The molecule has 2 aromatic carbocycles. The molecule has 0 saturated heterocycles. The van der Waals surface area contributed by atoms with Crippen LogP contribution in [0.3, 0.4) is 0 Å². The summed E-state index contributed by atoms with van der Waals surface area (Å²) in [5.74, 6) is 0.0629. The van der Waals surface area contributed by atoms with Crippen LogP contribution in [0.15, 0.2) is 36.4 Å². The standard InChI is InChI=1S/C15H15F2NO/c1-9-3-5-12(8-14(9)17)19-15-6-4-11(16)7-13(15)10(2)18/h3-8,10H,18H2,1-2H3/t10-/m0/s1. The van der Waals surface area contributed by atoms with Gasteiger partial charge in [0.2, 0.25) is 0 Å². The minimum absolute atomic E-state index is 0.345. The third-order valence-electron chi connectivity index (χ3n) is 2.83. The Kier molecular flexibility index (Phi) is 3.81. The Bertz CT molecular complexity index is 597. The second-order valence-electron chi connectivity index (χ2n) is 4.48. The highest BCUT2D eigenvalue weighted by molar-refractivity contribution is 5.40. The molecule has 2 aromatic rings. The molecule has 0 saturated carbocycles. The molecular formula is C15H15F2NO. The maximum atomic E-state index is 13.4. The minimum atomic E-state index is -0.380. The Labute approximate surface area is 110 Å². The second kappa shape index (κ2) is 5.36. The molecular weight excluding hydrogens is 248 g/mol. The van der Waals surface area contributed by atoms with Crippen LogP contribution in [0, 0.1) is 18.6 Å². The van der Waals surface area contributed by atoms with Crippen LogP contribution in [-0.2, 0) is 0 Å². The summed E-state index contributed by atoms with van der Waals surface area (Å²) in [5.41, 5.74) is 6.85. The molecule has 0 spiro atoms. The van der Waals surface area contributed by atoms with Crippen molar-refractivity contribution in [1.29, 1.82) is 0 Å². The molecule has 0 unspecified atom stereocenters. The first-order chi connectivity index (χ1) is 8.97. The van der Waals surface area contributed by atoms with Crippen LogP contribution in [0.2, 0.25) is 0 Å². The SMILES string of the molecule is Cc1ccc(Oc2ccc(F)cc2[C@H](C)N)cc1F. The van der Waals surface area contributed by atoms with Crippen molar-refractivity contribution in [3.05, 3.63) is 59.2 Å². The molecule has 19 heavy (non-hydrogen) atoms. The quantitative estimate of drug-likeness (QED) is 0.905. The number of aryl methyl sites for hydroxylation is 1. The summed E-state index contributed by atoms with van der Waals surface area (Å²) >= 11 is 0. The predicted octanol–water partition coefficient (Wildman–Crippen LogP) is 4.09. The van der Waals surface area contributed by atoms with Crippen molar-refractivity contribution in [2.75, 3.05) is 0 Å². The van der Waals surface area contributed by atoms with E-state index in [0.29, 0.717) is 22.6 Å². The molecule has 4 heteroatoms. The maximum Gasteiger partial charge on any atom is 0.132 e. The van der Waals surface area contributed by atoms with E-state index in [1.807, 2.05) is 0 Å². The number of nitrogens with two attached hydrogens (primary N) is 1. The van der Waals surface area contributed by atoms with Gasteiger partial charge in [0.25, 0.3) is 0 Å². The number of rotatable bonds is 3. The number of ether oxygens (including phenoxy) is 1. The molecule has 2 N–H and O–H groups in total. The third kappa shape index (κ3) is 3.09. The van der Waals surface area contributed by atoms with E-state index in [2.05, 4.69) is 0 Å². The molecule has 0 aromatic heterocycles. The van der Waals surface area contributed by atoms with Crippen molar-refractivity contribution in [3.8, 4) is 11.5 Å². The van der Waals surface area contributed by atoms with Crippen molar-refractivity contribution in [2.24, 2.45) is 5.73 Å². The van der Waals surface area contributed by atoms with Gasteiger partial charge in [-0.25, -0.2) is 8.78 Å². The fourth-order valence-corrected chi connectivity index (χ4v) is 1.73. The van der Waals surface area contributed by atoms with Gasteiger partial charge in [-0.05, 0) is 43.7 Å². The van der Waals surface area contributed by atoms with Crippen LogP contribution < -0.4 is 10.5 Å². The van der Waals surface area contributed by atoms with E-state index in [1.165, 1.54) is 24.3 Å². The molecule has 0 aliphatic rings. The van der Waals surface area contributed by atoms with Gasteiger partial charge in [0.05, 0.1) is 0 Å². The summed E-state index contributed by atoms with van der Waals surface area (Å²) in [6, 6.07) is 8.30. The molecule has 0 amide bonds. The first-order valence-corrected chi connectivity index (χ1v) is 5.96. The lowest BCUT2D eigenvalue weighted by Crippen LogP contribution is -2.07. The average Bonchev–Trinajstić information content (AvgIpc) is 2.36. The van der Waals surface area contributed by atoms with Gasteiger partial charge in [0.1, 0.15) is 23.1 Å². The van der Waals surface area contributed by atoms with Gasteiger partial charge < -0.3 is 10.5 Å². The van der Waals surface area contributed by atoms with Crippen molar-refractivity contribution < 1.29 is 13.5 Å². The molecule has 1 atom stereocenters. The minimum Gasteiger partial charge on any atom is -0.457 e. The summed E-state index contributed by atoms with van der Waals surface area (Å²) in [7, 11) is 0. The van der Waals surface area contributed by atoms with Gasteiger partial charge in [-0.3, -0.25) is 0 Å². The lowest BCUT2D eigenvalue weighted by molar-refractivity contribution is 0.463. The van der Waals surface area contributed by atoms with Crippen LogP contribution in [0.4, 0.5) is 8.78 Å². The van der Waals surface area contributed by atoms with Gasteiger partial charge >= 0.3 is 0 Å². The third-order valence-corrected chi connectivity index (χ3v) is 2.83. The van der Waals surface area contributed by atoms with E-state index >= 15 is 0 Å². The highest BCUT2D eigenvalue weighted by atomic mass is 19.1. The summed E-state index contributed by atoms with van der Waals surface area (Å²) in [6.45, 7) is 3.40. The largest absolute Gasteiger partial charge is 0.457 e. The van der Waals surface area contributed by atoms with Crippen molar-refractivity contribution in [3.63, 3.8) is 0 Å². The summed E-state index contributed by atoms with van der Waals surface area (Å²) < 4.78 is 32.2. The Balaban J connectivity index is 2.35. The highest BCUT2D eigenvalue weighted by Gasteiger charge is 2.11. The number of hydrogen-bond acceptors (Lipinski definition) is 2. The van der Waals surface area contributed by atoms with E-state index in [4.69, 9.17) is 10.5 Å². The summed E-state index contributed by atoms with van der Waals surface area (Å²) in [4.78, 5) is 0. The van der Waals surface area contributed by atoms with E-state index in [-0.39, 0.29) is 17.7 Å². The fourth-order valence-electron chi connectivity index (χ4n) is 1.73. The van der Waals surface area contributed by atoms with Crippen molar-refractivity contribution >= 4 is 0 Å². The van der Waals surface area contributed by atoms with E-state index < -0.39 is 0 Å². The van der Waals surface area contributed by atoms with Crippen LogP contribution in [0.25, 0.3) is 0 Å². The molecule has 2 rings (SSSR count). The molecule has 0 bridgehead atoms. The van der Waals surface area contributed by atoms with Crippen LogP contribution in [0.1, 0.15) is 24.1 Å². The Hall–Kier alpha value is -1.94. The zero-order chi connectivity index (χ0) is 14.0. The number of hydrogen-bond donors (Lipinski definition) is 1. The van der Waals surface area contributed by atoms with Gasteiger partial charge in [0.15, 0.2) is 0 Å². The van der Waals surface area contributed by atoms with E-state index in [9.17, 15) is 8.78 Å². The predicted molar refractivity (Wildman–Crippen MR) is 70.2 cm³/mol. The van der Waals surface area contributed by atoms with Crippen LogP contribution in [0.5, 0.6) is 11.5 Å². The van der Waals surface area contributed by atoms with E-state index in [1.54, 1.807) is 26.0 Å². The Morgan fingerprint density at radius 3 is 2.47 bits per heavy atom. The zero-order valence-electron chi connectivity index (χ0n) is 10.8. The van der Waals surface area contributed by atoms with Gasteiger partial charge in [-0.1, -0.05) is 6.07 Å². The lowest BCUT2D eigenvalue weighted by atomic mass is 10.1. The van der Waals surface area contributed by atoms with Crippen LogP contribution >= 0.6 is 0 Å². The molecule has 0 heterocycles. The molecule has 0 aliphatic carbocycles. The normalized spacial score (nSPS) is 12.3. The smallest absolute Gasteiger partial charge is 0.132 e. The van der Waals surface area contributed by atoms with Gasteiger partial charge in [-0.15, -0.1) is 0 Å². The maximum absolute atomic E-state index is 13.4. The fraction of sp³-hybridized carbons (Fsp3) is 0.200. The average molecular weight is 263 g/mol. The molecule has 2 nitrogen and oxygen atoms in total. The number of benzene rings is 2. The molecule has 0 radical (unpaired) electrons. The first-order valence-electron chi connectivity index (χ1n) is 5.96. The molecule has 0 fully saturated rings. The topological polar surface area (TPSA) is 35.2 Å². The summed E-state index contributed by atoms with van der Waals surface area (Å²) in [5, 5.41) is 0.